The van der Waals surface area contributed by atoms with E-state index in [1.807, 2.05) is 43.2 Å². The standard InChI is InChI=1S/C18H22BNO5/c1-5-23-16(22)13-10-14(15-8-6-7-9-20(15)11-13)19-24-17(2,3)18(4,12-21)25-19/h6-10,12H,5,11H2,1-4H3. The highest BCUT2D eigenvalue weighted by molar-refractivity contribution is 6.56. The molecule has 6 nitrogen and oxygen atoms in total. The molecule has 25 heavy (non-hydrogen) atoms. The highest BCUT2D eigenvalue weighted by Gasteiger charge is 2.56. The van der Waals surface area contributed by atoms with Crippen molar-refractivity contribution in [2.75, 3.05) is 13.2 Å². The quantitative estimate of drug-likeness (QED) is 0.442. The molecule has 0 aromatic heterocycles. The van der Waals surface area contributed by atoms with Gasteiger partial charge in [-0.3, -0.25) is 0 Å². The van der Waals surface area contributed by atoms with Gasteiger partial charge in [0.05, 0.1) is 24.3 Å². The van der Waals surface area contributed by atoms with Gasteiger partial charge in [0.1, 0.15) is 5.60 Å². The largest absolute Gasteiger partial charge is 0.497 e. The van der Waals surface area contributed by atoms with Gasteiger partial charge in [-0.15, -0.1) is 0 Å². The van der Waals surface area contributed by atoms with E-state index >= 15 is 0 Å². The van der Waals surface area contributed by atoms with Crippen molar-refractivity contribution in [2.45, 2.75) is 38.9 Å². The molecule has 0 aliphatic carbocycles. The molecule has 7 heteroatoms. The van der Waals surface area contributed by atoms with Gasteiger partial charge < -0.3 is 23.7 Å². The zero-order valence-electron chi connectivity index (χ0n) is 14.9. The smallest absolute Gasteiger partial charge is 0.463 e. The minimum absolute atomic E-state index is 0.310. The van der Waals surface area contributed by atoms with E-state index in [1.54, 1.807) is 19.9 Å². The summed E-state index contributed by atoms with van der Waals surface area (Å²) in [6, 6.07) is 0. The van der Waals surface area contributed by atoms with Crippen LogP contribution in [0.5, 0.6) is 0 Å². The van der Waals surface area contributed by atoms with Crippen LogP contribution in [0.15, 0.2) is 47.2 Å². The topological polar surface area (TPSA) is 65.1 Å². The van der Waals surface area contributed by atoms with E-state index in [0.29, 0.717) is 24.2 Å². The third-order valence-electron chi connectivity index (χ3n) is 4.87. The third-order valence-corrected chi connectivity index (χ3v) is 4.87. The number of allylic oxidation sites excluding steroid dienone is 5. The summed E-state index contributed by atoms with van der Waals surface area (Å²) in [5, 5.41) is 0. The van der Waals surface area contributed by atoms with Crippen LogP contribution < -0.4 is 0 Å². The van der Waals surface area contributed by atoms with Crippen molar-refractivity contribution in [3.05, 3.63) is 47.2 Å². The average Bonchev–Trinajstić information content (AvgIpc) is 2.84. The minimum Gasteiger partial charge on any atom is -0.463 e. The Bertz CT molecular complexity index is 721. The molecule has 0 radical (unpaired) electrons. The van der Waals surface area contributed by atoms with Crippen LogP contribution >= 0.6 is 0 Å². The van der Waals surface area contributed by atoms with E-state index in [4.69, 9.17) is 14.0 Å². The molecular weight excluding hydrogens is 321 g/mol. The zero-order valence-corrected chi connectivity index (χ0v) is 14.9. The molecule has 0 bridgehead atoms. The lowest BCUT2D eigenvalue weighted by Crippen LogP contribution is -2.46. The van der Waals surface area contributed by atoms with E-state index in [2.05, 4.69) is 0 Å². The minimum atomic E-state index is -1.07. The Labute approximate surface area is 147 Å². The summed E-state index contributed by atoms with van der Waals surface area (Å²) in [7, 11) is -0.747. The summed E-state index contributed by atoms with van der Waals surface area (Å²) in [6.07, 6.45) is 10.2. The van der Waals surface area contributed by atoms with Crippen molar-refractivity contribution in [3.8, 4) is 0 Å². The first-order valence-electron chi connectivity index (χ1n) is 8.36. The Hall–Kier alpha value is -2.12. The fourth-order valence-electron chi connectivity index (χ4n) is 2.97. The van der Waals surface area contributed by atoms with Crippen molar-refractivity contribution in [2.24, 2.45) is 0 Å². The summed E-state index contributed by atoms with van der Waals surface area (Å²) in [6.45, 7) is 7.84. The molecule has 1 unspecified atom stereocenters. The number of ether oxygens (including phenoxy) is 1. The number of hydrogen-bond acceptors (Lipinski definition) is 6. The molecule has 0 spiro atoms. The lowest BCUT2D eigenvalue weighted by atomic mass is 9.74. The molecule has 1 saturated heterocycles. The molecule has 1 fully saturated rings. The molecule has 3 aliphatic rings. The van der Waals surface area contributed by atoms with Gasteiger partial charge in [0.25, 0.3) is 0 Å². The van der Waals surface area contributed by atoms with Crippen LogP contribution in [-0.2, 0) is 23.6 Å². The van der Waals surface area contributed by atoms with E-state index in [-0.39, 0.29) is 5.97 Å². The Morgan fingerprint density at radius 1 is 1.36 bits per heavy atom. The lowest BCUT2D eigenvalue weighted by molar-refractivity contribution is -0.138. The molecule has 0 aromatic rings. The number of nitrogens with zero attached hydrogens (tertiary/aromatic N) is 1. The molecule has 0 N–H and O–H groups in total. The van der Waals surface area contributed by atoms with Crippen LogP contribution in [0, 0.1) is 0 Å². The maximum atomic E-state index is 12.2. The first kappa shape index (κ1) is 17.7. The van der Waals surface area contributed by atoms with Crippen LogP contribution in [0.3, 0.4) is 0 Å². The fraction of sp³-hybridized carbons (Fsp3) is 0.444. The number of fused-ring (bicyclic) bond motifs is 1. The predicted octanol–water partition coefficient (Wildman–Crippen LogP) is 1.94. The Morgan fingerprint density at radius 2 is 2.12 bits per heavy atom. The van der Waals surface area contributed by atoms with Gasteiger partial charge in [0.15, 0.2) is 6.29 Å². The second-order valence-corrected chi connectivity index (χ2v) is 6.86. The van der Waals surface area contributed by atoms with Crippen LogP contribution in [0.2, 0.25) is 0 Å². The molecule has 3 rings (SSSR count). The summed E-state index contributed by atoms with van der Waals surface area (Å²) in [5.74, 6) is -0.364. The molecule has 1 atom stereocenters. The number of carbonyl (C=O) groups is 2. The highest BCUT2D eigenvalue weighted by atomic mass is 16.7. The van der Waals surface area contributed by atoms with Gasteiger partial charge in [0, 0.05) is 17.4 Å². The van der Waals surface area contributed by atoms with Crippen LogP contribution in [0.4, 0.5) is 0 Å². The molecule has 0 aromatic carbocycles. The summed E-state index contributed by atoms with van der Waals surface area (Å²) in [5.41, 5.74) is 0.242. The zero-order chi connectivity index (χ0) is 18.2. The van der Waals surface area contributed by atoms with E-state index in [9.17, 15) is 9.59 Å². The second-order valence-electron chi connectivity index (χ2n) is 6.86. The first-order chi connectivity index (χ1) is 11.8. The van der Waals surface area contributed by atoms with Crippen molar-refractivity contribution in [1.29, 1.82) is 0 Å². The van der Waals surface area contributed by atoms with Crippen LogP contribution in [0.25, 0.3) is 0 Å². The number of hydrogen-bond donors (Lipinski definition) is 0. The van der Waals surface area contributed by atoms with Crippen LogP contribution in [0.1, 0.15) is 27.7 Å². The number of esters is 1. The van der Waals surface area contributed by atoms with E-state index in [0.717, 1.165) is 12.0 Å². The van der Waals surface area contributed by atoms with E-state index < -0.39 is 18.3 Å². The second kappa shape index (κ2) is 6.31. The van der Waals surface area contributed by atoms with Gasteiger partial charge in [-0.2, -0.15) is 0 Å². The summed E-state index contributed by atoms with van der Waals surface area (Å²) in [4.78, 5) is 25.7. The molecule has 3 heterocycles. The Morgan fingerprint density at radius 3 is 2.76 bits per heavy atom. The molecular formula is C18H22BNO5. The molecule has 0 amide bonds. The SMILES string of the molecule is CCOC(=O)C1=CC(B2OC(C)(C)C(C)(C=O)O2)=C2C=CC=CN2C1. The van der Waals surface area contributed by atoms with Gasteiger partial charge in [0.2, 0.25) is 0 Å². The van der Waals surface area contributed by atoms with Crippen molar-refractivity contribution in [1.82, 2.24) is 4.90 Å². The number of aldehydes is 1. The Kier molecular flexibility index (Phi) is 4.47. The summed E-state index contributed by atoms with van der Waals surface area (Å²) < 4.78 is 17.1. The molecule has 0 saturated carbocycles. The molecule has 132 valence electrons. The van der Waals surface area contributed by atoms with Gasteiger partial charge >= 0.3 is 13.1 Å². The average molecular weight is 343 g/mol. The maximum absolute atomic E-state index is 12.2. The fourth-order valence-corrected chi connectivity index (χ4v) is 2.97. The van der Waals surface area contributed by atoms with E-state index in [1.165, 1.54) is 0 Å². The summed E-state index contributed by atoms with van der Waals surface area (Å²) >= 11 is 0. The predicted molar refractivity (Wildman–Crippen MR) is 93.2 cm³/mol. The van der Waals surface area contributed by atoms with Crippen LogP contribution in [-0.4, -0.2) is 48.6 Å². The normalized spacial score (nSPS) is 27.3. The highest BCUT2D eigenvalue weighted by Crippen LogP contribution is 2.40. The number of carbonyl (C=O) groups excluding carboxylic acids is 2. The monoisotopic (exact) mass is 343 g/mol. The Balaban J connectivity index is 2.01. The molecule has 3 aliphatic heterocycles. The van der Waals surface area contributed by atoms with Crippen molar-refractivity contribution < 1.29 is 23.6 Å². The van der Waals surface area contributed by atoms with Gasteiger partial charge in [-0.25, -0.2) is 4.79 Å². The van der Waals surface area contributed by atoms with Gasteiger partial charge in [-0.05, 0) is 45.9 Å². The third kappa shape index (κ3) is 2.98. The maximum Gasteiger partial charge on any atom is 0.497 e. The number of rotatable bonds is 4. The van der Waals surface area contributed by atoms with Gasteiger partial charge in [-0.1, -0.05) is 6.08 Å². The van der Waals surface area contributed by atoms with Crippen molar-refractivity contribution >= 4 is 19.4 Å². The first-order valence-corrected chi connectivity index (χ1v) is 8.36. The van der Waals surface area contributed by atoms with Crippen molar-refractivity contribution in [3.63, 3.8) is 0 Å². The lowest BCUT2D eigenvalue weighted by Gasteiger charge is -2.31.